The Morgan fingerprint density at radius 2 is 1.79 bits per heavy atom. The Kier molecular flexibility index (Phi) is 5.06. The van der Waals surface area contributed by atoms with Gasteiger partial charge in [0.2, 0.25) is 0 Å². The fraction of sp³-hybridized carbons (Fsp3) is 0.409. The third kappa shape index (κ3) is 3.37. The van der Waals surface area contributed by atoms with E-state index < -0.39 is 0 Å². The number of para-hydroxylation sites is 1. The summed E-state index contributed by atoms with van der Waals surface area (Å²) in [6, 6.07) is 10.9. The lowest BCUT2D eigenvalue weighted by Crippen LogP contribution is -2.45. The summed E-state index contributed by atoms with van der Waals surface area (Å²) in [5.41, 5.74) is 3.21. The first-order valence-corrected chi connectivity index (χ1v) is 10.6. The van der Waals surface area contributed by atoms with Crippen LogP contribution in [0.25, 0.3) is 10.2 Å². The third-order valence-electron chi connectivity index (χ3n) is 5.74. The number of anilines is 1. The zero-order valence-corrected chi connectivity index (χ0v) is 17.7. The summed E-state index contributed by atoms with van der Waals surface area (Å²) in [7, 11) is 2.15. The van der Waals surface area contributed by atoms with Crippen molar-refractivity contribution in [2.45, 2.75) is 39.7 Å². The number of carbonyl (C=O) groups is 1. The Bertz CT molecular complexity index is 1010. The van der Waals surface area contributed by atoms with Crippen molar-refractivity contribution in [2.24, 2.45) is 0 Å². The second-order valence-electron chi connectivity index (χ2n) is 7.56. The number of aryl methyl sites for hydroxylation is 3. The first-order chi connectivity index (χ1) is 13.5. The summed E-state index contributed by atoms with van der Waals surface area (Å²) < 4.78 is 0. The van der Waals surface area contributed by atoms with Crippen LogP contribution in [0.15, 0.2) is 30.3 Å². The van der Waals surface area contributed by atoms with E-state index in [4.69, 9.17) is 0 Å². The van der Waals surface area contributed by atoms with E-state index in [0.717, 1.165) is 58.1 Å². The first-order valence-electron chi connectivity index (χ1n) is 9.77. The lowest BCUT2D eigenvalue weighted by Gasteiger charge is -2.37. The Balaban J connectivity index is 1.49. The van der Waals surface area contributed by atoms with Crippen molar-refractivity contribution >= 4 is 33.1 Å². The van der Waals surface area contributed by atoms with Crippen LogP contribution < -0.4 is 4.90 Å². The third-order valence-corrected chi connectivity index (χ3v) is 6.91. The van der Waals surface area contributed by atoms with Gasteiger partial charge in [0, 0.05) is 42.9 Å². The van der Waals surface area contributed by atoms with Crippen LogP contribution >= 0.6 is 11.3 Å². The normalized spacial score (nSPS) is 15.2. The number of amides is 1. The van der Waals surface area contributed by atoms with Crippen LogP contribution in [0.4, 0.5) is 5.69 Å². The number of piperidine rings is 1. The summed E-state index contributed by atoms with van der Waals surface area (Å²) in [5.74, 6) is 0.897. The highest BCUT2D eigenvalue weighted by molar-refractivity contribution is 7.20. The molecule has 0 unspecified atom stereocenters. The molecule has 1 aromatic carbocycles. The molecule has 4 rings (SSSR count). The molecular formula is C22H26N4OS. The Hall–Kier alpha value is -2.47. The van der Waals surface area contributed by atoms with Gasteiger partial charge in [0.05, 0.1) is 4.88 Å². The van der Waals surface area contributed by atoms with Crippen molar-refractivity contribution in [2.75, 3.05) is 25.0 Å². The largest absolute Gasteiger partial charge is 0.371 e. The summed E-state index contributed by atoms with van der Waals surface area (Å²) in [6.45, 7) is 7.50. The van der Waals surface area contributed by atoms with Gasteiger partial charge in [0.15, 0.2) is 0 Å². The summed E-state index contributed by atoms with van der Waals surface area (Å²) in [6.07, 6.45) is 1.97. The number of carbonyl (C=O) groups excluding carboxylic acids is 1. The molecule has 0 bridgehead atoms. The summed E-state index contributed by atoms with van der Waals surface area (Å²) in [5, 5.41) is 1.04. The Morgan fingerprint density at radius 3 is 2.46 bits per heavy atom. The maximum atomic E-state index is 13.2. The van der Waals surface area contributed by atoms with Crippen molar-refractivity contribution in [3.63, 3.8) is 0 Å². The minimum atomic E-state index is 0.137. The molecule has 3 aromatic rings. The van der Waals surface area contributed by atoms with E-state index >= 15 is 0 Å². The number of thiophene rings is 1. The first kappa shape index (κ1) is 18.9. The minimum absolute atomic E-state index is 0.137. The molecule has 3 heterocycles. The SMILES string of the molecule is Cc1nc(C)c2c(C)c(C(=O)N3CCC(N(C)c4ccccc4)CC3)sc2n1. The molecule has 0 saturated carbocycles. The van der Waals surface area contributed by atoms with Crippen LogP contribution in [-0.2, 0) is 0 Å². The number of rotatable bonds is 3. The van der Waals surface area contributed by atoms with Crippen LogP contribution in [0.1, 0.15) is 39.6 Å². The van der Waals surface area contributed by atoms with E-state index in [1.165, 1.54) is 17.0 Å². The number of fused-ring (bicyclic) bond motifs is 1. The highest BCUT2D eigenvalue weighted by Gasteiger charge is 2.28. The van der Waals surface area contributed by atoms with E-state index in [2.05, 4.69) is 46.2 Å². The molecule has 1 aliphatic rings. The Labute approximate surface area is 170 Å². The lowest BCUT2D eigenvalue weighted by molar-refractivity contribution is 0.0717. The van der Waals surface area contributed by atoms with E-state index in [-0.39, 0.29) is 5.91 Å². The predicted molar refractivity (Wildman–Crippen MR) is 115 cm³/mol. The fourth-order valence-corrected chi connectivity index (χ4v) is 5.40. The summed E-state index contributed by atoms with van der Waals surface area (Å²) >= 11 is 1.51. The van der Waals surface area contributed by atoms with E-state index in [1.807, 2.05) is 31.7 Å². The van der Waals surface area contributed by atoms with E-state index in [9.17, 15) is 4.79 Å². The lowest BCUT2D eigenvalue weighted by atomic mass is 10.0. The number of likely N-dealkylation sites (tertiary alicyclic amines) is 1. The van der Waals surface area contributed by atoms with Gasteiger partial charge < -0.3 is 9.80 Å². The molecular weight excluding hydrogens is 368 g/mol. The van der Waals surface area contributed by atoms with Crippen LogP contribution in [0.3, 0.4) is 0 Å². The van der Waals surface area contributed by atoms with Gasteiger partial charge in [-0.2, -0.15) is 0 Å². The number of aromatic nitrogens is 2. The zero-order valence-electron chi connectivity index (χ0n) is 16.9. The predicted octanol–water partition coefficient (Wildman–Crippen LogP) is 4.36. The fourth-order valence-electron chi connectivity index (χ4n) is 4.15. The molecule has 1 aliphatic heterocycles. The van der Waals surface area contributed by atoms with Crippen molar-refractivity contribution in [1.29, 1.82) is 0 Å². The average Bonchev–Trinajstić information content (AvgIpc) is 3.04. The molecule has 0 radical (unpaired) electrons. The highest BCUT2D eigenvalue weighted by atomic mass is 32.1. The van der Waals surface area contributed by atoms with Crippen LogP contribution in [-0.4, -0.2) is 47.0 Å². The molecule has 0 N–H and O–H groups in total. The molecule has 146 valence electrons. The van der Waals surface area contributed by atoms with Crippen LogP contribution in [0.2, 0.25) is 0 Å². The number of nitrogens with zero attached hydrogens (tertiary/aromatic N) is 4. The zero-order chi connectivity index (χ0) is 19.8. The van der Waals surface area contributed by atoms with Crippen LogP contribution in [0, 0.1) is 20.8 Å². The molecule has 2 aromatic heterocycles. The number of hydrogen-bond acceptors (Lipinski definition) is 5. The molecule has 1 fully saturated rings. The van der Waals surface area contributed by atoms with Gasteiger partial charge in [-0.1, -0.05) is 18.2 Å². The molecule has 28 heavy (non-hydrogen) atoms. The van der Waals surface area contributed by atoms with Gasteiger partial charge in [-0.25, -0.2) is 9.97 Å². The maximum Gasteiger partial charge on any atom is 0.264 e. The number of benzene rings is 1. The van der Waals surface area contributed by atoms with Crippen molar-refractivity contribution in [1.82, 2.24) is 14.9 Å². The quantitative estimate of drug-likeness (QED) is 0.662. The van der Waals surface area contributed by atoms with Crippen molar-refractivity contribution in [3.8, 4) is 0 Å². The van der Waals surface area contributed by atoms with Crippen molar-refractivity contribution < 1.29 is 4.79 Å². The summed E-state index contributed by atoms with van der Waals surface area (Å²) in [4.78, 5) is 28.3. The van der Waals surface area contributed by atoms with Gasteiger partial charge in [-0.3, -0.25) is 4.79 Å². The highest BCUT2D eigenvalue weighted by Crippen LogP contribution is 2.33. The van der Waals surface area contributed by atoms with Gasteiger partial charge in [0.1, 0.15) is 10.7 Å². The van der Waals surface area contributed by atoms with Gasteiger partial charge >= 0.3 is 0 Å². The van der Waals surface area contributed by atoms with E-state index in [0.29, 0.717) is 6.04 Å². The average molecular weight is 395 g/mol. The standard InChI is InChI=1S/C22H26N4OS/c1-14-19-15(2)23-16(3)24-21(19)28-20(14)22(27)26-12-10-18(11-13-26)25(4)17-8-6-5-7-9-17/h5-9,18H,10-13H2,1-4H3. The Morgan fingerprint density at radius 1 is 1.11 bits per heavy atom. The number of hydrogen-bond donors (Lipinski definition) is 0. The second-order valence-corrected chi connectivity index (χ2v) is 8.56. The topological polar surface area (TPSA) is 49.3 Å². The molecule has 0 spiro atoms. The van der Waals surface area contributed by atoms with E-state index in [1.54, 1.807) is 0 Å². The second kappa shape index (κ2) is 7.51. The minimum Gasteiger partial charge on any atom is -0.371 e. The molecule has 5 nitrogen and oxygen atoms in total. The van der Waals surface area contributed by atoms with Gasteiger partial charge in [0.25, 0.3) is 5.91 Å². The molecule has 1 amide bonds. The molecule has 6 heteroatoms. The monoisotopic (exact) mass is 394 g/mol. The molecule has 0 aliphatic carbocycles. The van der Waals surface area contributed by atoms with Crippen LogP contribution in [0.5, 0.6) is 0 Å². The van der Waals surface area contributed by atoms with Gasteiger partial charge in [-0.05, 0) is 51.3 Å². The molecule has 1 saturated heterocycles. The maximum absolute atomic E-state index is 13.2. The smallest absolute Gasteiger partial charge is 0.264 e. The van der Waals surface area contributed by atoms with Gasteiger partial charge in [-0.15, -0.1) is 11.3 Å². The molecule has 0 atom stereocenters. The van der Waals surface area contributed by atoms with Crippen molar-refractivity contribution in [3.05, 3.63) is 52.3 Å².